The Bertz CT molecular complexity index is 369. The summed E-state index contributed by atoms with van der Waals surface area (Å²) >= 11 is 0. The summed E-state index contributed by atoms with van der Waals surface area (Å²) in [6, 6.07) is 6.71. The van der Waals surface area contributed by atoms with Gasteiger partial charge in [0.25, 0.3) is 0 Å². The van der Waals surface area contributed by atoms with Gasteiger partial charge in [0.15, 0.2) is 0 Å². The zero-order valence-corrected chi connectivity index (χ0v) is 11.7. The summed E-state index contributed by atoms with van der Waals surface area (Å²) in [5.74, 6) is 1.08. The first-order chi connectivity index (χ1) is 8.85. The van der Waals surface area contributed by atoms with Crippen molar-refractivity contribution < 1.29 is 4.74 Å². The van der Waals surface area contributed by atoms with E-state index in [1.54, 1.807) is 0 Å². The molecule has 0 aromatic heterocycles. The second kappa shape index (κ2) is 6.67. The lowest BCUT2D eigenvalue weighted by Gasteiger charge is -2.20. The van der Waals surface area contributed by atoms with E-state index in [1.165, 1.54) is 43.6 Å². The van der Waals surface area contributed by atoms with Crippen LogP contribution in [-0.4, -0.2) is 19.7 Å². The highest BCUT2D eigenvalue weighted by Crippen LogP contribution is 2.28. The van der Waals surface area contributed by atoms with Crippen LogP contribution in [0.4, 0.5) is 5.69 Å². The summed E-state index contributed by atoms with van der Waals surface area (Å²) in [5.41, 5.74) is 2.75. The second-order valence-corrected chi connectivity index (χ2v) is 5.08. The fraction of sp³-hybridized carbons (Fsp3) is 0.625. The average Bonchev–Trinajstić information content (AvgIpc) is 2.91. The van der Waals surface area contributed by atoms with Crippen LogP contribution >= 0.6 is 0 Å². The summed E-state index contributed by atoms with van der Waals surface area (Å²) in [5, 5.41) is 0. The van der Waals surface area contributed by atoms with Gasteiger partial charge in [-0.2, -0.15) is 0 Å². The Morgan fingerprint density at radius 1 is 1.11 bits per heavy atom. The van der Waals surface area contributed by atoms with E-state index in [9.17, 15) is 0 Å². The molecule has 0 unspecified atom stereocenters. The summed E-state index contributed by atoms with van der Waals surface area (Å²) in [4.78, 5) is 2.49. The van der Waals surface area contributed by atoms with Gasteiger partial charge in [0, 0.05) is 18.8 Å². The van der Waals surface area contributed by atoms with Crippen molar-refractivity contribution in [2.24, 2.45) is 0 Å². The van der Waals surface area contributed by atoms with Crippen molar-refractivity contribution in [3.05, 3.63) is 23.8 Å². The minimum Gasteiger partial charge on any atom is -0.493 e. The van der Waals surface area contributed by atoms with Crippen LogP contribution in [0, 0.1) is 0 Å². The molecule has 100 valence electrons. The molecule has 0 bridgehead atoms. The minimum absolute atomic E-state index is 0.819. The molecular formula is C16H25NO. The van der Waals surface area contributed by atoms with Crippen molar-refractivity contribution in [1.29, 1.82) is 0 Å². The predicted octanol–water partition coefficient (Wildman–Crippen LogP) is 4.03. The molecule has 0 aliphatic carbocycles. The van der Waals surface area contributed by atoms with E-state index in [1.807, 2.05) is 0 Å². The lowest BCUT2D eigenvalue weighted by molar-refractivity contribution is 0.314. The van der Waals surface area contributed by atoms with E-state index >= 15 is 0 Å². The van der Waals surface area contributed by atoms with Gasteiger partial charge in [0.1, 0.15) is 5.75 Å². The average molecular weight is 247 g/mol. The van der Waals surface area contributed by atoms with Gasteiger partial charge in [0.2, 0.25) is 0 Å². The minimum atomic E-state index is 0.819. The number of aryl methyl sites for hydroxylation is 1. The molecule has 1 aromatic carbocycles. The molecule has 1 aliphatic heterocycles. The number of rotatable bonds is 6. The highest BCUT2D eigenvalue weighted by molar-refractivity contribution is 5.53. The summed E-state index contributed by atoms with van der Waals surface area (Å²) in [6.45, 7) is 7.62. The fourth-order valence-electron chi connectivity index (χ4n) is 2.56. The van der Waals surface area contributed by atoms with Crippen LogP contribution in [0.3, 0.4) is 0 Å². The van der Waals surface area contributed by atoms with Gasteiger partial charge < -0.3 is 9.64 Å². The lowest BCUT2D eigenvalue weighted by atomic mass is 10.1. The Hall–Kier alpha value is -1.18. The maximum Gasteiger partial charge on any atom is 0.122 e. The number of nitrogens with zero attached hydrogens (tertiary/aromatic N) is 1. The topological polar surface area (TPSA) is 12.5 Å². The van der Waals surface area contributed by atoms with Crippen molar-refractivity contribution in [3.63, 3.8) is 0 Å². The Kier molecular flexibility index (Phi) is 4.91. The standard InChI is InChI=1S/C16H25NO/c1-3-7-14-13-15(17-10-5-6-11-17)8-9-16(14)18-12-4-2/h8-9,13H,3-7,10-12H2,1-2H3. The molecule has 2 nitrogen and oxygen atoms in total. The van der Waals surface area contributed by atoms with E-state index in [0.717, 1.165) is 25.2 Å². The third-order valence-electron chi connectivity index (χ3n) is 3.50. The first-order valence-electron chi connectivity index (χ1n) is 7.35. The third-order valence-corrected chi connectivity index (χ3v) is 3.50. The van der Waals surface area contributed by atoms with E-state index in [2.05, 4.69) is 36.9 Å². The molecule has 0 amide bonds. The molecule has 0 radical (unpaired) electrons. The van der Waals surface area contributed by atoms with Gasteiger partial charge >= 0.3 is 0 Å². The molecule has 18 heavy (non-hydrogen) atoms. The molecule has 2 rings (SSSR count). The monoisotopic (exact) mass is 247 g/mol. The smallest absolute Gasteiger partial charge is 0.122 e. The number of ether oxygens (including phenoxy) is 1. The molecule has 1 fully saturated rings. The maximum absolute atomic E-state index is 5.84. The van der Waals surface area contributed by atoms with Crippen molar-refractivity contribution in [2.75, 3.05) is 24.6 Å². The van der Waals surface area contributed by atoms with Crippen molar-refractivity contribution in [3.8, 4) is 5.75 Å². The van der Waals surface area contributed by atoms with Crippen LogP contribution < -0.4 is 9.64 Å². The third kappa shape index (κ3) is 3.18. The summed E-state index contributed by atoms with van der Waals surface area (Å²) < 4.78 is 5.84. The van der Waals surface area contributed by atoms with Crippen LogP contribution in [0.5, 0.6) is 5.75 Å². The Morgan fingerprint density at radius 2 is 1.89 bits per heavy atom. The van der Waals surface area contributed by atoms with Gasteiger partial charge in [-0.1, -0.05) is 20.3 Å². The van der Waals surface area contributed by atoms with E-state index in [-0.39, 0.29) is 0 Å². The van der Waals surface area contributed by atoms with Gasteiger partial charge in [-0.15, -0.1) is 0 Å². The Labute approximate surface area is 111 Å². The number of anilines is 1. The molecule has 1 aliphatic rings. The summed E-state index contributed by atoms with van der Waals surface area (Å²) in [6.07, 6.45) is 6.01. The van der Waals surface area contributed by atoms with Gasteiger partial charge in [-0.3, -0.25) is 0 Å². The van der Waals surface area contributed by atoms with Crippen LogP contribution in [0.15, 0.2) is 18.2 Å². The number of hydrogen-bond donors (Lipinski definition) is 0. The molecule has 0 saturated carbocycles. The summed E-state index contributed by atoms with van der Waals surface area (Å²) in [7, 11) is 0. The zero-order valence-electron chi connectivity index (χ0n) is 11.7. The largest absolute Gasteiger partial charge is 0.493 e. The first kappa shape index (κ1) is 13.3. The second-order valence-electron chi connectivity index (χ2n) is 5.08. The Morgan fingerprint density at radius 3 is 2.56 bits per heavy atom. The van der Waals surface area contributed by atoms with Crippen LogP contribution in [0.25, 0.3) is 0 Å². The molecular weight excluding hydrogens is 222 g/mol. The van der Waals surface area contributed by atoms with Crippen molar-refractivity contribution >= 4 is 5.69 Å². The normalized spacial score (nSPS) is 15.1. The molecule has 1 saturated heterocycles. The van der Waals surface area contributed by atoms with E-state index < -0.39 is 0 Å². The van der Waals surface area contributed by atoms with Gasteiger partial charge in [-0.05, 0) is 49.4 Å². The zero-order chi connectivity index (χ0) is 12.8. The van der Waals surface area contributed by atoms with Crippen LogP contribution in [0.1, 0.15) is 45.1 Å². The fourth-order valence-corrected chi connectivity index (χ4v) is 2.56. The number of benzene rings is 1. The molecule has 1 aromatic rings. The SMILES string of the molecule is CCCOc1ccc(N2CCCC2)cc1CCC. The molecule has 0 atom stereocenters. The van der Waals surface area contributed by atoms with Gasteiger partial charge in [-0.25, -0.2) is 0 Å². The lowest BCUT2D eigenvalue weighted by Crippen LogP contribution is -2.17. The molecule has 1 heterocycles. The predicted molar refractivity (Wildman–Crippen MR) is 77.7 cm³/mol. The van der Waals surface area contributed by atoms with Crippen LogP contribution in [0.2, 0.25) is 0 Å². The van der Waals surface area contributed by atoms with Gasteiger partial charge in [0.05, 0.1) is 6.61 Å². The quantitative estimate of drug-likeness (QED) is 0.752. The van der Waals surface area contributed by atoms with Crippen molar-refractivity contribution in [2.45, 2.75) is 46.0 Å². The molecule has 0 N–H and O–H groups in total. The highest BCUT2D eigenvalue weighted by atomic mass is 16.5. The highest BCUT2D eigenvalue weighted by Gasteiger charge is 2.14. The first-order valence-corrected chi connectivity index (χ1v) is 7.35. The number of hydrogen-bond acceptors (Lipinski definition) is 2. The molecule has 0 spiro atoms. The van der Waals surface area contributed by atoms with Crippen LogP contribution in [-0.2, 0) is 6.42 Å². The van der Waals surface area contributed by atoms with E-state index in [4.69, 9.17) is 4.74 Å². The Balaban J connectivity index is 2.15. The molecule has 2 heteroatoms. The van der Waals surface area contributed by atoms with E-state index in [0.29, 0.717) is 0 Å². The van der Waals surface area contributed by atoms with Crippen molar-refractivity contribution in [1.82, 2.24) is 0 Å². The maximum atomic E-state index is 5.84.